The minimum atomic E-state index is -0.526. The summed E-state index contributed by atoms with van der Waals surface area (Å²) in [6.45, 7) is 6.32. The average molecular weight is 519 g/mol. The first-order valence-electron chi connectivity index (χ1n) is 12.5. The monoisotopic (exact) mass is 518 g/mol. The van der Waals surface area contributed by atoms with Gasteiger partial charge in [-0.05, 0) is 61.8 Å². The van der Waals surface area contributed by atoms with Gasteiger partial charge in [0.15, 0.2) is 0 Å². The van der Waals surface area contributed by atoms with Gasteiger partial charge in [0.1, 0.15) is 21.8 Å². The number of aryl methyl sites for hydroxylation is 2. The fourth-order valence-corrected chi connectivity index (χ4v) is 6.28. The van der Waals surface area contributed by atoms with E-state index < -0.39 is 5.91 Å². The predicted octanol–water partition coefficient (Wildman–Crippen LogP) is 3.65. The minimum absolute atomic E-state index is 0.0219. The van der Waals surface area contributed by atoms with Gasteiger partial charge in [0.2, 0.25) is 0 Å². The van der Waals surface area contributed by atoms with E-state index in [1.165, 1.54) is 21.8 Å². The van der Waals surface area contributed by atoms with Gasteiger partial charge in [0, 0.05) is 24.7 Å². The van der Waals surface area contributed by atoms with Gasteiger partial charge in [0.05, 0.1) is 16.5 Å². The molecule has 4 heterocycles. The second-order valence-electron chi connectivity index (χ2n) is 9.90. The number of aromatic nitrogens is 3. The zero-order valence-corrected chi connectivity index (χ0v) is 22.2. The Labute approximate surface area is 217 Å². The van der Waals surface area contributed by atoms with Crippen LogP contribution in [-0.2, 0) is 19.4 Å². The largest absolute Gasteiger partial charge is 0.355 e. The number of amides is 2. The number of fused-ring (bicyclic) bond motifs is 3. The van der Waals surface area contributed by atoms with Gasteiger partial charge in [-0.15, -0.1) is 11.3 Å². The Hall–Kier alpha value is -3.79. The van der Waals surface area contributed by atoms with Crippen molar-refractivity contribution in [3.8, 4) is 0 Å². The van der Waals surface area contributed by atoms with Crippen LogP contribution in [0.5, 0.6) is 0 Å². The van der Waals surface area contributed by atoms with Crippen molar-refractivity contribution in [2.24, 2.45) is 5.92 Å². The van der Waals surface area contributed by atoms with Crippen molar-refractivity contribution in [3.63, 3.8) is 0 Å². The van der Waals surface area contributed by atoms with Crippen LogP contribution in [-0.4, -0.2) is 32.8 Å². The average Bonchev–Trinajstić information content (AvgIpc) is 3.23. The Bertz CT molecular complexity index is 1690. The van der Waals surface area contributed by atoms with Gasteiger partial charge in [-0.25, -0.2) is 4.98 Å². The van der Waals surface area contributed by atoms with E-state index in [0.717, 1.165) is 41.7 Å². The summed E-state index contributed by atoms with van der Waals surface area (Å²) in [5.74, 6) is -0.614. The summed E-state index contributed by atoms with van der Waals surface area (Å²) in [4.78, 5) is 45.7. The van der Waals surface area contributed by atoms with Crippen LogP contribution in [0.4, 0.5) is 5.00 Å². The Morgan fingerprint density at radius 1 is 1.19 bits per heavy atom. The second-order valence-corrected chi connectivity index (χ2v) is 11.0. The third-order valence-electron chi connectivity index (χ3n) is 6.78. The molecule has 0 saturated heterocycles. The number of pyridine rings is 2. The van der Waals surface area contributed by atoms with E-state index in [4.69, 9.17) is 10.4 Å². The van der Waals surface area contributed by atoms with Crippen molar-refractivity contribution >= 4 is 44.8 Å². The van der Waals surface area contributed by atoms with Crippen LogP contribution >= 0.6 is 11.3 Å². The molecule has 10 heteroatoms. The normalized spacial score (nSPS) is 13.2. The number of rotatable bonds is 5. The minimum Gasteiger partial charge on any atom is -0.355 e. The molecular weight excluding hydrogens is 488 g/mol. The lowest BCUT2D eigenvalue weighted by Gasteiger charge is -2.16. The van der Waals surface area contributed by atoms with Gasteiger partial charge >= 0.3 is 0 Å². The predicted molar refractivity (Wildman–Crippen MR) is 145 cm³/mol. The molecule has 0 radical (unpaired) electrons. The highest BCUT2D eigenvalue weighted by Crippen LogP contribution is 2.38. The molecule has 4 aromatic heterocycles. The van der Waals surface area contributed by atoms with E-state index in [1.54, 1.807) is 23.9 Å². The molecule has 9 nitrogen and oxygen atoms in total. The number of hydrogen-bond acceptors (Lipinski definition) is 6. The van der Waals surface area contributed by atoms with Gasteiger partial charge < -0.3 is 15.2 Å². The molecule has 37 heavy (non-hydrogen) atoms. The Balaban J connectivity index is 1.69. The third-order valence-corrected chi connectivity index (χ3v) is 7.99. The standard InChI is InChI=1S/C27H30N6O3S/c1-14(2)13-33-21(28)17(12-18-23(33)30-22-15(3)8-7-11-32(22)27(18)36)24(34)31-26-20(25(35)29-4)16-9-5-6-10-19(16)37-26/h7-8,11-12,14,28H,5-6,9-10,13H2,1-4H3,(H,29,35)(H,31,34). The zero-order valence-electron chi connectivity index (χ0n) is 21.4. The molecular formula is C27H30N6O3S. The molecule has 0 atom stereocenters. The first-order valence-corrected chi connectivity index (χ1v) is 13.3. The molecule has 4 aromatic rings. The highest BCUT2D eigenvalue weighted by Gasteiger charge is 2.27. The molecule has 3 N–H and O–H groups in total. The van der Waals surface area contributed by atoms with Gasteiger partial charge in [0.25, 0.3) is 17.4 Å². The Morgan fingerprint density at radius 3 is 2.68 bits per heavy atom. The molecule has 0 bridgehead atoms. The summed E-state index contributed by atoms with van der Waals surface area (Å²) in [6, 6.07) is 5.13. The molecule has 0 unspecified atom stereocenters. The number of nitrogens with zero attached hydrogens (tertiary/aromatic N) is 3. The van der Waals surface area contributed by atoms with Crippen molar-refractivity contribution in [1.82, 2.24) is 19.3 Å². The van der Waals surface area contributed by atoms with Crippen LogP contribution in [0.15, 0.2) is 29.2 Å². The fraction of sp³-hybridized carbons (Fsp3) is 0.370. The highest BCUT2D eigenvalue weighted by molar-refractivity contribution is 7.17. The van der Waals surface area contributed by atoms with Crippen molar-refractivity contribution < 1.29 is 9.59 Å². The van der Waals surface area contributed by atoms with E-state index in [0.29, 0.717) is 28.4 Å². The van der Waals surface area contributed by atoms with E-state index >= 15 is 0 Å². The number of anilines is 1. The number of carbonyl (C=O) groups excluding carboxylic acids is 2. The molecule has 1 aliphatic carbocycles. The van der Waals surface area contributed by atoms with Crippen LogP contribution in [0.3, 0.4) is 0 Å². The van der Waals surface area contributed by atoms with Crippen molar-refractivity contribution in [1.29, 1.82) is 5.41 Å². The summed E-state index contributed by atoms with van der Waals surface area (Å²) in [5, 5.41) is 15.3. The second kappa shape index (κ2) is 9.59. The summed E-state index contributed by atoms with van der Waals surface area (Å²) >= 11 is 1.42. The Kier molecular flexibility index (Phi) is 6.45. The highest BCUT2D eigenvalue weighted by atomic mass is 32.1. The zero-order chi connectivity index (χ0) is 26.4. The molecule has 1 aliphatic rings. The summed E-state index contributed by atoms with van der Waals surface area (Å²) in [7, 11) is 1.58. The number of carbonyl (C=O) groups is 2. The van der Waals surface area contributed by atoms with Crippen LogP contribution < -0.4 is 21.7 Å². The van der Waals surface area contributed by atoms with Crippen molar-refractivity contribution in [2.45, 2.75) is 53.0 Å². The maximum absolute atomic E-state index is 13.6. The summed E-state index contributed by atoms with van der Waals surface area (Å²) < 4.78 is 3.11. The topological polar surface area (TPSA) is 121 Å². The van der Waals surface area contributed by atoms with Crippen LogP contribution in [0.25, 0.3) is 16.7 Å². The lowest BCUT2D eigenvalue weighted by atomic mass is 9.95. The number of thiophene rings is 1. The molecule has 0 aliphatic heterocycles. The lowest BCUT2D eigenvalue weighted by molar-refractivity contribution is 0.0963. The van der Waals surface area contributed by atoms with E-state index in [9.17, 15) is 14.4 Å². The van der Waals surface area contributed by atoms with Gasteiger partial charge in [-0.1, -0.05) is 19.9 Å². The fourth-order valence-electron chi connectivity index (χ4n) is 5.00. The maximum atomic E-state index is 13.6. The Morgan fingerprint density at radius 2 is 1.95 bits per heavy atom. The quantitative estimate of drug-likeness (QED) is 0.349. The van der Waals surface area contributed by atoms with E-state index in [1.807, 2.05) is 26.8 Å². The molecule has 192 valence electrons. The van der Waals surface area contributed by atoms with Gasteiger partial charge in [-0.2, -0.15) is 0 Å². The SMILES string of the molecule is CNC(=O)c1c(NC(=O)c2cc3c(=O)n4cccc(C)c4nc3n(CC(C)C)c2=N)sc2c1CCCC2. The number of nitrogens with one attached hydrogen (secondary N) is 3. The van der Waals surface area contributed by atoms with Crippen LogP contribution in [0.2, 0.25) is 0 Å². The molecule has 0 saturated carbocycles. The third kappa shape index (κ3) is 4.25. The van der Waals surface area contributed by atoms with Crippen molar-refractivity contribution in [2.75, 3.05) is 12.4 Å². The smallest absolute Gasteiger partial charge is 0.267 e. The lowest BCUT2D eigenvalue weighted by Crippen LogP contribution is -2.33. The molecule has 5 rings (SSSR count). The molecule has 0 aromatic carbocycles. The van der Waals surface area contributed by atoms with Crippen LogP contribution in [0, 0.1) is 18.3 Å². The van der Waals surface area contributed by atoms with Crippen LogP contribution in [0.1, 0.15) is 63.4 Å². The summed E-state index contributed by atoms with van der Waals surface area (Å²) in [5.41, 5.74) is 2.99. The molecule has 0 fully saturated rings. The van der Waals surface area contributed by atoms with Gasteiger partial charge in [-0.3, -0.25) is 24.2 Å². The van der Waals surface area contributed by atoms with Crippen molar-refractivity contribution in [3.05, 3.63) is 67.4 Å². The molecule has 0 spiro atoms. The number of hydrogen-bond donors (Lipinski definition) is 3. The molecule has 2 amide bonds. The first-order chi connectivity index (χ1) is 17.7. The maximum Gasteiger partial charge on any atom is 0.267 e. The van der Waals surface area contributed by atoms with E-state index in [2.05, 4.69) is 10.6 Å². The van der Waals surface area contributed by atoms with E-state index in [-0.39, 0.29) is 33.8 Å². The first kappa shape index (κ1) is 24.9. The summed E-state index contributed by atoms with van der Waals surface area (Å²) in [6.07, 6.45) is 5.39.